The van der Waals surface area contributed by atoms with E-state index >= 15 is 0 Å². The lowest BCUT2D eigenvalue weighted by Crippen LogP contribution is -2.50. The number of piperazine rings is 1. The van der Waals surface area contributed by atoms with E-state index in [0.717, 1.165) is 71.2 Å². The van der Waals surface area contributed by atoms with E-state index in [0.29, 0.717) is 5.92 Å². The summed E-state index contributed by atoms with van der Waals surface area (Å²) in [5, 5.41) is 7.83. The van der Waals surface area contributed by atoms with Gasteiger partial charge in [0.05, 0.1) is 6.20 Å². The highest BCUT2D eigenvalue weighted by molar-refractivity contribution is 14.0. The van der Waals surface area contributed by atoms with E-state index in [9.17, 15) is 4.79 Å². The highest BCUT2D eigenvalue weighted by atomic mass is 127. The smallest absolute Gasteiger partial charge is 0.410 e. The fraction of sp³-hybridized carbons (Fsp3) is 0.773. The van der Waals surface area contributed by atoms with Gasteiger partial charge in [0.25, 0.3) is 0 Å². The molecule has 3 rings (SSSR count). The number of halogens is 1. The standard InChI is InChI=1S/C22H39N7O2.HI/c1-22(2,3)31-21(30)28-13-11-27(12-14-28)9-6-8-24-20(23-4)29-10-7-18(17-29)19-15-25-26(5)16-19;/h15-16,18H,6-14,17H2,1-5H3,(H,23,24);1H. The largest absolute Gasteiger partial charge is 0.444 e. The van der Waals surface area contributed by atoms with E-state index < -0.39 is 5.60 Å². The van der Waals surface area contributed by atoms with Crippen molar-refractivity contribution in [3.8, 4) is 0 Å². The minimum Gasteiger partial charge on any atom is -0.444 e. The van der Waals surface area contributed by atoms with Gasteiger partial charge in [0.15, 0.2) is 5.96 Å². The predicted molar refractivity (Wildman–Crippen MR) is 138 cm³/mol. The third-order valence-corrected chi connectivity index (χ3v) is 5.85. The fourth-order valence-electron chi connectivity index (χ4n) is 4.19. The number of hydrogen-bond acceptors (Lipinski definition) is 5. The first kappa shape index (κ1) is 26.7. The molecular weight excluding hydrogens is 521 g/mol. The summed E-state index contributed by atoms with van der Waals surface area (Å²) >= 11 is 0. The van der Waals surface area contributed by atoms with Crippen molar-refractivity contribution in [3.63, 3.8) is 0 Å². The predicted octanol–water partition coefficient (Wildman–Crippen LogP) is 2.35. The zero-order chi connectivity index (χ0) is 22.4. The van der Waals surface area contributed by atoms with Crippen LogP contribution in [-0.2, 0) is 11.8 Å². The molecule has 1 atom stereocenters. The minimum atomic E-state index is -0.439. The first-order chi connectivity index (χ1) is 14.7. The number of aliphatic imine (C=N–C) groups is 1. The maximum absolute atomic E-state index is 12.2. The molecule has 0 spiro atoms. The van der Waals surface area contributed by atoms with Crippen LogP contribution >= 0.6 is 24.0 Å². The summed E-state index contributed by atoms with van der Waals surface area (Å²) in [4.78, 5) is 23.2. The number of nitrogens with one attached hydrogen (secondary N) is 1. The number of carbonyl (C=O) groups is 1. The molecule has 2 saturated heterocycles. The van der Waals surface area contributed by atoms with E-state index in [-0.39, 0.29) is 30.1 Å². The molecule has 0 saturated carbocycles. The van der Waals surface area contributed by atoms with Crippen LogP contribution in [0.2, 0.25) is 0 Å². The molecular formula is C22H40IN7O2. The van der Waals surface area contributed by atoms with Gasteiger partial charge in [0.2, 0.25) is 0 Å². The van der Waals surface area contributed by atoms with Gasteiger partial charge in [0.1, 0.15) is 5.60 Å². The number of guanidine groups is 1. The van der Waals surface area contributed by atoms with Gasteiger partial charge >= 0.3 is 6.09 Å². The lowest BCUT2D eigenvalue weighted by molar-refractivity contribution is 0.0145. The number of aryl methyl sites for hydroxylation is 1. The average molecular weight is 562 g/mol. The molecule has 182 valence electrons. The van der Waals surface area contributed by atoms with Crippen molar-refractivity contribution in [3.05, 3.63) is 18.0 Å². The van der Waals surface area contributed by atoms with Gasteiger partial charge in [0, 0.05) is 72.0 Å². The second-order valence-corrected chi connectivity index (χ2v) is 9.52. The number of nitrogens with zero attached hydrogens (tertiary/aromatic N) is 6. The lowest BCUT2D eigenvalue weighted by atomic mass is 10.0. The number of ether oxygens (including phenoxy) is 1. The van der Waals surface area contributed by atoms with E-state index in [4.69, 9.17) is 4.74 Å². The molecule has 2 aliphatic heterocycles. The summed E-state index contributed by atoms with van der Waals surface area (Å²) in [6.45, 7) is 12.9. The Bertz CT molecular complexity index is 754. The quantitative estimate of drug-likeness (QED) is 0.258. The van der Waals surface area contributed by atoms with Crippen molar-refractivity contribution >= 4 is 36.0 Å². The third kappa shape index (κ3) is 7.79. The van der Waals surface area contributed by atoms with Gasteiger partial charge in [-0.3, -0.25) is 14.6 Å². The zero-order valence-electron chi connectivity index (χ0n) is 20.2. The Hall–Kier alpha value is -1.56. The molecule has 2 fully saturated rings. The second kappa shape index (κ2) is 12.1. The van der Waals surface area contributed by atoms with E-state index in [1.165, 1.54) is 5.56 Å². The van der Waals surface area contributed by atoms with Gasteiger partial charge in [-0.25, -0.2) is 4.79 Å². The molecule has 1 N–H and O–H groups in total. The molecule has 0 aromatic carbocycles. The molecule has 32 heavy (non-hydrogen) atoms. The lowest BCUT2D eigenvalue weighted by Gasteiger charge is -2.35. The average Bonchev–Trinajstić information content (AvgIpc) is 3.36. The summed E-state index contributed by atoms with van der Waals surface area (Å²) in [5.74, 6) is 1.51. The molecule has 0 bridgehead atoms. The number of hydrogen-bond donors (Lipinski definition) is 1. The summed E-state index contributed by atoms with van der Waals surface area (Å²) < 4.78 is 7.34. The van der Waals surface area contributed by atoms with Crippen LogP contribution in [0, 0.1) is 0 Å². The van der Waals surface area contributed by atoms with Crippen LogP contribution in [-0.4, -0.2) is 102 Å². The number of amides is 1. The number of rotatable bonds is 5. The van der Waals surface area contributed by atoms with Crippen molar-refractivity contribution < 1.29 is 9.53 Å². The SMILES string of the molecule is CN=C(NCCCN1CCN(C(=O)OC(C)(C)C)CC1)N1CCC(c2cnn(C)c2)C1.I. The van der Waals surface area contributed by atoms with Gasteiger partial charge in [-0.2, -0.15) is 5.10 Å². The third-order valence-electron chi connectivity index (χ3n) is 5.85. The topological polar surface area (TPSA) is 78.2 Å². The highest BCUT2D eigenvalue weighted by Gasteiger charge is 2.27. The maximum Gasteiger partial charge on any atom is 0.410 e. The minimum absolute atomic E-state index is 0. The van der Waals surface area contributed by atoms with Crippen molar-refractivity contribution in [1.82, 2.24) is 29.8 Å². The van der Waals surface area contributed by atoms with Gasteiger partial charge in [-0.05, 0) is 45.7 Å². The van der Waals surface area contributed by atoms with Crippen LogP contribution in [0.25, 0.3) is 0 Å². The van der Waals surface area contributed by atoms with Crippen LogP contribution in [0.5, 0.6) is 0 Å². The molecule has 9 nitrogen and oxygen atoms in total. The Kier molecular flexibility index (Phi) is 10.1. The Labute approximate surface area is 209 Å². The van der Waals surface area contributed by atoms with Crippen molar-refractivity contribution in [2.75, 3.05) is 59.4 Å². The summed E-state index contributed by atoms with van der Waals surface area (Å²) in [6.07, 6.45) is 6.08. The van der Waals surface area contributed by atoms with Crippen LogP contribution in [0.4, 0.5) is 4.79 Å². The first-order valence-electron chi connectivity index (χ1n) is 11.4. The molecule has 1 amide bonds. The van der Waals surface area contributed by atoms with Gasteiger partial charge in [-0.15, -0.1) is 24.0 Å². The Morgan fingerprint density at radius 1 is 1.22 bits per heavy atom. The van der Waals surface area contributed by atoms with Crippen molar-refractivity contribution in [2.24, 2.45) is 12.0 Å². The second-order valence-electron chi connectivity index (χ2n) is 9.52. The number of likely N-dealkylation sites (tertiary alicyclic amines) is 1. The van der Waals surface area contributed by atoms with Crippen LogP contribution in [0.1, 0.15) is 45.1 Å². The van der Waals surface area contributed by atoms with Crippen molar-refractivity contribution in [1.29, 1.82) is 0 Å². The molecule has 1 aromatic rings. The summed E-state index contributed by atoms with van der Waals surface area (Å²) in [7, 11) is 3.82. The van der Waals surface area contributed by atoms with Crippen molar-refractivity contribution in [2.45, 2.75) is 45.1 Å². The van der Waals surface area contributed by atoms with Crippen LogP contribution in [0.3, 0.4) is 0 Å². The first-order valence-corrected chi connectivity index (χ1v) is 11.4. The zero-order valence-corrected chi connectivity index (χ0v) is 22.5. The highest BCUT2D eigenvalue weighted by Crippen LogP contribution is 2.26. The number of aromatic nitrogens is 2. The molecule has 0 aliphatic carbocycles. The normalized spacial score (nSPS) is 20.3. The monoisotopic (exact) mass is 561 g/mol. The molecule has 0 radical (unpaired) electrons. The summed E-state index contributed by atoms with van der Waals surface area (Å²) in [5.41, 5.74) is 0.872. The Morgan fingerprint density at radius 3 is 2.53 bits per heavy atom. The maximum atomic E-state index is 12.2. The van der Waals surface area contributed by atoms with Gasteiger partial charge in [-0.1, -0.05) is 0 Å². The molecule has 1 unspecified atom stereocenters. The van der Waals surface area contributed by atoms with Crippen LogP contribution in [0.15, 0.2) is 17.4 Å². The Balaban J connectivity index is 0.00000363. The fourth-order valence-corrected chi connectivity index (χ4v) is 4.19. The Morgan fingerprint density at radius 2 is 1.94 bits per heavy atom. The number of carbonyl (C=O) groups excluding carboxylic acids is 1. The molecule has 10 heteroatoms. The molecule has 1 aromatic heterocycles. The van der Waals surface area contributed by atoms with E-state index in [1.807, 2.05) is 50.6 Å². The van der Waals surface area contributed by atoms with E-state index in [2.05, 4.69) is 31.4 Å². The van der Waals surface area contributed by atoms with Crippen LogP contribution < -0.4 is 5.32 Å². The van der Waals surface area contributed by atoms with E-state index in [1.54, 1.807) is 0 Å². The molecule has 3 heterocycles. The molecule has 2 aliphatic rings. The summed E-state index contributed by atoms with van der Waals surface area (Å²) in [6, 6.07) is 0. The van der Waals surface area contributed by atoms with Gasteiger partial charge < -0.3 is 19.9 Å².